The number of aliphatic hydroxyl groups is 1. The first kappa shape index (κ1) is 21.6. The number of hydrogen-bond acceptors (Lipinski definition) is 7. The largest absolute Gasteiger partial charge is 0.390 e. The molecule has 0 atom stereocenters. The third-order valence-electron chi connectivity index (χ3n) is 6.89. The number of aromatic nitrogens is 2. The van der Waals surface area contributed by atoms with Gasteiger partial charge in [0.25, 0.3) is 0 Å². The average Bonchev–Trinajstić information content (AvgIpc) is 3.12. The quantitative estimate of drug-likeness (QED) is 0.646. The minimum atomic E-state index is -0.521. The molecule has 0 saturated carbocycles. The molecule has 170 valence electrons. The average molecular weight is 452 g/mol. The smallest absolute Gasteiger partial charge is 0.185 e. The van der Waals surface area contributed by atoms with Gasteiger partial charge >= 0.3 is 0 Å². The molecular formula is C25H33N5OS. The van der Waals surface area contributed by atoms with E-state index in [9.17, 15) is 5.11 Å². The van der Waals surface area contributed by atoms with Crippen LogP contribution in [0.2, 0.25) is 0 Å². The van der Waals surface area contributed by atoms with Gasteiger partial charge in [0, 0.05) is 62.8 Å². The molecule has 0 radical (unpaired) electrons. The van der Waals surface area contributed by atoms with E-state index in [0.29, 0.717) is 0 Å². The summed E-state index contributed by atoms with van der Waals surface area (Å²) in [6.07, 6.45) is 4.66. The number of benzene rings is 1. The fraction of sp³-hybridized carbons (Fsp3) is 0.520. The molecule has 3 aromatic rings. The van der Waals surface area contributed by atoms with Gasteiger partial charge in [-0.2, -0.15) is 0 Å². The number of thiazole rings is 1. The Labute approximate surface area is 194 Å². The van der Waals surface area contributed by atoms with Crippen molar-refractivity contribution in [1.82, 2.24) is 14.9 Å². The Bertz CT molecular complexity index is 1070. The molecule has 0 amide bonds. The van der Waals surface area contributed by atoms with E-state index in [1.807, 2.05) is 19.2 Å². The maximum atomic E-state index is 10.2. The van der Waals surface area contributed by atoms with Crippen molar-refractivity contribution in [3.05, 3.63) is 47.1 Å². The molecule has 0 unspecified atom stereocenters. The Balaban J connectivity index is 1.24. The van der Waals surface area contributed by atoms with Gasteiger partial charge in [0.15, 0.2) is 5.13 Å². The first-order valence-electron chi connectivity index (χ1n) is 11.7. The van der Waals surface area contributed by atoms with Gasteiger partial charge in [-0.1, -0.05) is 18.2 Å². The Morgan fingerprint density at radius 1 is 1.03 bits per heavy atom. The molecule has 6 nitrogen and oxygen atoms in total. The molecule has 0 aliphatic carbocycles. The van der Waals surface area contributed by atoms with Crippen molar-refractivity contribution in [2.45, 2.75) is 45.3 Å². The van der Waals surface area contributed by atoms with Gasteiger partial charge in [0.1, 0.15) is 0 Å². The first-order valence-corrected chi connectivity index (χ1v) is 12.6. The second-order valence-corrected chi connectivity index (χ2v) is 10.4. The normalized spacial score (nSPS) is 20.0. The van der Waals surface area contributed by atoms with Crippen molar-refractivity contribution in [1.29, 1.82) is 0 Å². The van der Waals surface area contributed by atoms with Gasteiger partial charge in [-0.05, 0) is 44.7 Å². The number of piperidine rings is 1. The van der Waals surface area contributed by atoms with Crippen molar-refractivity contribution >= 4 is 33.1 Å². The van der Waals surface area contributed by atoms with Gasteiger partial charge in [0.2, 0.25) is 0 Å². The Morgan fingerprint density at radius 2 is 1.88 bits per heavy atom. The van der Waals surface area contributed by atoms with Gasteiger partial charge in [-0.3, -0.25) is 9.88 Å². The van der Waals surface area contributed by atoms with Crippen LogP contribution in [0.25, 0.3) is 10.9 Å². The summed E-state index contributed by atoms with van der Waals surface area (Å²) < 4.78 is 0. The van der Waals surface area contributed by atoms with Crippen molar-refractivity contribution in [3.63, 3.8) is 0 Å². The summed E-state index contributed by atoms with van der Waals surface area (Å²) in [6.45, 7) is 11.0. The molecule has 2 aromatic heterocycles. The van der Waals surface area contributed by atoms with Crippen LogP contribution in [0, 0.1) is 6.92 Å². The van der Waals surface area contributed by atoms with E-state index in [2.05, 4.69) is 45.2 Å². The van der Waals surface area contributed by atoms with Crippen LogP contribution < -0.4 is 9.80 Å². The summed E-state index contributed by atoms with van der Waals surface area (Å²) in [7, 11) is 0. The summed E-state index contributed by atoms with van der Waals surface area (Å²) in [6, 6.07) is 8.56. The molecule has 7 heteroatoms. The van der Waals surface area contributed by atoms with Gasteiger partial charge in [-0.15, -0.1) is 11.3 Å². The Hall–Kier alpha value is -2.22. The van der Waals surface area contributed by atoms with E-state index in [4.69, 9.17) is 9.97 Å². The van der Waals surface area contributed by atoms with Crippen molar-refractivity contribution < 1.29 is 5.11 Å². The number of anilines is 2. The molecule has 32 heavy (non-hydrogen) atoms. The van der Waals surface area contributed by atoms with Crippen LogP contribution in [0.1, 0.15) is 37.4 Å². The van der Waals surface area contributed by atoms with Crippen LogP contribution >= 0.6 is 11.3 Å². The molecule has 0 bridgehead atoms. The predicted molar refractivity (Wildman–Crippen MR) is 133 cm³/mol. The maximum Gasteiger partial charge on any atom is 0.185 e. The van der Waals surface area contributed by atoms with E-state index in [0.717, 1.165) is 75.7 Å². The predicted octanol–water partition coefficient (Wildman–Crippen LogP) is 4.06. The Kier molecular flexibility index (Phi) is 6.05. The van der Waals surface area contributed by atoms with E-state index in [-0.39, 0.29) is 0 Å². The van der Waals surface area contributed by atoms with Gasteiger partial charge in [-0.25, -0.2) is 4.98 Å². The highest BCUT2D eigenvalue weighted by Gasteiger charge is 2.28. The zero-order valence-electron chi connectivity index (χ0n) is 19.1. The van der Waals surface area contributed by atoms with Crippen LogP contribution in [-0.2, 0) is 6.54 Å². The number of pyridine rings is 1. The van der Waals surface area contributed by atoms with E-state index in [1.165, 1.54) is 22.3 Å². The lowest BCUT2D eigenvalue weighted by Crippen LogP contribution is -2.42. The van der Waals surface area contributed by atoms with Gasteiger partial charge in [0.05, 0.1) is 22.5 Å². The topological polar surface area (TPSA) is 55.7 Å². The molecule has 2 saturated heterocycles. The van der Waals surface area contributed by atoms with Crippen LogP contribution in [0.3, 0.4) is 0 Å². The third kappa shape index (κ3) is 4.60. The molecule has 1 aromatic carbocycles. The second kappa shape index (κ2) is 8.96. The van der Waals surface area contributed by atoms with Crippen LogP contribution in [0.4, 0.5) is 10.8 Å². The minimum Gasteiger partial charge on any atom is -0.390 e. The fourth-order valence-corrected chi connectivity index (χ4v) is 5.78. The zero-order chi connectivity index (χ0) is 22.1. The van der Waals surface area contributed by atoms with E-state index < -0.39 is 5.60 Å². The highest BCUT2D eigenvalue weighted by Crippen LogP contribution is 2.31. The second-order valence-electron chi connectivity index (χ2n) is 9.53. The fourth-order valence-electron chi connectivity index (χ4n) is 4.91. The third-order valence-corrected chi connectivity index (χ3v) is 7.84. The van der Waals surface area contributed by atoms with E-state index >= 15 is 0 Å². The van der Waals surface area contributed by atoms with Crippen LogP contribution in [0.5, 0.6) is 0 Å². The number of nitrogens with zero attached hydrogens (tertiary/aromatic N) is 5. The molecule has 4 heterocycles. The number of aryl methyl sites for hydroxylation is 1. The number of hydrogen-bond donors (Lipinski definition) is 1. The first-order chi connectivity index (χ1) is 15.5. The highest BCUT2D eigenvalue weighted by atomic mass is 32.1. The lowest BCUT2D eigenvalue weighted by atomic mass is 9.94. The lowest BCUT2D eigenvalue weighted by Gasteiger charge is -2.35. The minimum absolute atomic E-state index is 0.521. The van der Waals surface area contributed by atoms with E-state index in [1.54, 1.807) is 11.3 Å². The highest BCUT2D eigenvalue weighted by molar-refractivity contribution is 7.13. The SMILES string of the molecule is Cc1ccc2cccnc2c1N1CCCN(Cc2csc(N3CCC(C)(O)CC3)n2)CC1. The zero-order valence-corrected chi connectivity index (χ0v) is 19.9. The molecule has 2 aliphatic heterocycles. The molecule has 2 aliphatic rings. The molecule has 5 rings (SSSR count). The number of rotatable bonds is 4. The van der Waals surface area contributed by atoms with Crippen molar-refractivity contribution in [3.8, 4) is 0 Å². The molecular weight excluding hydrogens is 418 g/mol. The Morgan fingerprint density at radius 3 is 2.72 bits per heavy atom. The van der Waals surface area contributed by atoms with Crippen molar-refractivity contribution in [2.24, 2.45) is 0 Å². The monoisotopic (exact) mass is 451 g/mol. The van der Waals surface area contributed by atoms with Crippen LogP contribution in [0.15, 0.2) is 35.8 Å². The molecule has 1 N–H and O–H groups in total. The summed E-state index contributed by atoms with van der Waals surface area (Å²) in [5.74, 6) is 0. The lowest BCUT2D eigenvalue weighted by molar-refractivity contribution is 0.0351. The van der Waals surface area contributed by atoms with Crippen LogP contribution in [-0.4, -0.2) is 64.8 Å². The summed E-state index contributed by atoms with van der Waals surface area (Å²) in [5, 5.41) is 14.7. The molecule has 0 spiro atoms. The maximum absolute atomic E-state index is 10.2. The standard InChI is InChI=1S/C25H33N5OS/c1-19-6-7-20-5-3-10-26-22(20)23(19)29-12-4-11-28(15-16-29)17-21-18-32-24(27-21)30-13-8-25(2,31)9-14-30/h3,5-7,10,18,31H,4,8-9,11-17H2,1-2H3. The molecule has 2 fully saturated rings. The summed E-state index contributed by atoms with van der Waals surface area (Å²) in [4.78, 5) is 17.0. The van der Waals surface area contributed by atoms with Gasteiger partial charge < -0.3 is 14.9 Å². The van der Waals surface area contributed by atoms with Crippen molar-refractivity contribution in [2.75, 3.05) is 49.1 Å². The summed E-state index contributed by atoms with van der Waals surface area (Å²) in [5.41, 5.74) is 4.35. The number of fused-ring (bicyclic) bond motifs is 1. The summed E-state index contributed by atoms with van der Waals surface area (Å²) >= 11 is 1.74.